The highest BCUT2D eigenvalue weighted by Gasteiger charge is 2.08. The lowest BCUT2D eigenvalue weighted by Crippen LogP contribution is -2.35. The molecule has 0 aromatic heterocycles. The van der Waals surface area contributed by atoms with Crippen molar-refractivity contribution in [2.24, 2.45) is 0 Å². The second-order valence-electron chi connectivity index (χ2n) is 4.90. The third kappa shape index (κ3) is 4.84. The lowest BCUT2D eigenvalue weighted by atomic mass is 10.1. The lowest BCUT2D eigenvalue weighted by molar-refractivity contribution is 0.104. The third-order valence-corrected chi connectivity index (χ3v) is 3.21. The molecule has 0 aliphatic carbocycles. The number of hydrogen-bond acceptors (Lipinski definition) is 3. The summed E-state index contributed by atoms with van der Waals surface area (Å²) in [5, 5.41) is 13.7. The van der Waals surface area contributed by atoms with Crippen LogP contribution in [0.3, 0.4) is 0 Å². The summed E-state index contributed by atoms with van der Waals surface area (Å²) in [6.45, 7) is 8.78. The van der Waals surface area contributed by atoms with E-state index in [0.29, 0.717) is 12.6 Å². The van der Waals surface area contributed by atoms with Crippen LogP contribution in [0, 0.1) is 13.8 Å². The zero-order chi connectivity index (χ0) is 13.7. The Morgan fingerprint density at radius 2 is 1.83 bits per heavy atom. The molecule has 0 fully saturated rings. The van der Waals surface area contributed by atoms with E-state index in [4.69, 9.17) is 16.3 Å². The molecule has 1 aromatic carbocycles. The fourth-order valence-electron chi connectivity index (χ4n) is 1.61. The highest BCUT2D eigenvalue weighted by molar-refractivity contribution is 6.32. The van der Waals surface area contributed by atoms with Crippen molar-refractivity contribution in [3.8, 4) is 5.75 Å². The van der Waals surface area contributed by atoms with E-state index in [1.807, 2.05) is 39.8 Å². The number of halogens is 1. The first-order chi connectivity index (χ1) is 8.40. The molecule has 1 rings (SSSR count). The van der Waals surface area contributed by atoms with E-state index in [1.165, 1.54) is 0 Å². The zero-order valence-corrected chi connectivity index (χ0v) is 12.2. The van der Waals surface area contributed by atoms with Crippen LogP contribution < -0.4 is 10.1 Å². The Labute approximate surface area is 114 Å². The van der Waals surface area contributed by atoms with Crippen LogP contribution in [0.2, 0.25) is 5.02 Å². The number of ether oxygens (including phenoxy) is 1. The van der Waals surface area contributed by atoms with E-state index in [9.17, 15) is 5.11 Å². The highest BCUT2D eigenvalue weighted by Crippen LogP contribution is 2.25. The van der Waals surface area contributed by atoms with E-state index < -0.39 is 6.10 Å². The topological polar surface area (TPSA) is 41.5 Å². The largest absolute Gasteiger partial charge is 0.491 e. The van der Waals surface area contributed by atoms with Gasteiger partial charge in [-0.15, -0.1) is 0 Å². The van der Waals surface area contributed by atoms with Crippen molar-refractivity contribution in [2.75, 3.05) is 13.2 Å². The van der Waals surface area contributed by atoms with Gasteiger partial charge < -0.3 is 15.2 Å². The predicted octanol–water partition coefficient (Wildman–Crippen LogP) is 2.69. The lowest BCUT2D eigenvalue weighted by Gasteiger charge is -2.16. The van der Waals surface area contributed by atoms with Gasteiger partial charge in [-0.05, 0) is 37.1 Å². The summed E-state index contributed by atoms with van der Waals surface area (Å²) in [5.74, 6) is 0.748. The molecule has 18 heavy (non-hydrogen) atoms. The van der Waals surface area contributed by atoms with Crippen LogP contribution in [0.4, 0.5) is 0 Å². The molecule has 102 valence electrons. The number of aliphatic hydroxyl groups is 1. The van der Waals surface area contributed by atoms with Gasteiger partial charge in [-0.3, -0.25) is 0 Å². The van der Waals surface area contributed by atoms with Crippen LogP contribution in [0.5, 0.6) is 5.75 Å². The van der Waals surface area contributed by atoms with E-state index in [2.05, 4.69) is 5.32 Å². The monoisotopic (exact) mass is 271 g/mol. The van der Waals surface area contributed by atoms with Crippen molar-refractivity contribution >= 4 is 11.6 Å². The molecule has 1 aromatic rings. The molecule has 0 heterocycles. The molecule has 1 unspecified atom stereocenters. The SMILES string of the molecule is Cc1cc(OCC(O)CNC(C)C)cc(C)c1Cl. The first kappa shape index (κ1) is 15.3. The second-order valence-corrected chi connectivity index (χ2v) is 5.28. The second kappa shape index (κ2) is 6.98. The number of rotatable bonds is 6. The fraction of sp³-hybridized carbons (Fsp3) is 0.571. The minimum absolute atomic E-state index is 0.278. The Hall–Kier alpha value is -0.770. The van der Waals surface area contributed by atoms with E-state index in [0.717, 1.165) is 21.9 Å². The summed E-state index contributed by atoms with van der Waals surface area (Å²) in [6, 6.07) is 4.13. The van der Waals surface area contributed by atoms with Crippen molar-refractivity contribution < 1.29 is 9.84 Å². The summed E-state index contributed by atoms with van der Waals surface area (Å²) in [7, 11) is 0. The number of hydrogen-bond donors (Lipinski definition) is 2. The molecule has 0 aliphatic heterocycles. The zero-order valence-electron chi connectivity index (χ0n) is 11.5. The average molecular weight is 272 g/mol. The summed E-state index contributed by atoms with van der Waals surface area (Å²) >= 11 is 6.08. The van der Waals surface area contributed by atoms with Crippen molar-refractivity contribution in [3.63, 3.8) is 0 Å². The maximum atomic E-state index is 9.74. The molecule has 0 saturated carbocycles. The van der Waals surface area contributed by atoms with Crippen molar-refractivity contribution in [1.29, 1.82) is 0 Å². The van der Waals surface area contributed by atoms with Crippen LogP contribution in [-0.2, 0) is 0 Å². The van der Waals surface area contributed by atoms with Crippen LogP contribution in [0.15, 0.2) is 12.1 Å². The summed E-state index contributed by atoms with van der Waals surface area (Å²) in [6.07, 6.45) is -0.510. The quantitative estimate of drug-likeness (QED) is 0.836. The van der Waals surface area contributed by atoms with Crippen LogP contribution >= 0.6 is 11.6 Å². The molecular formula is C14H22ClNO2. The fourth-order valence-corrected chi connectivity index (χ4v) is 1.72. The number of aliphatic hydroxyl groups excluding tert-OH is 1. The molecule has 0 bridgehead atoms. The minimum atomic E-state index is -0.510. The van der Waals surface area contributed by atoms with Crippen molar-refractivity contribution in [2.45, 2.75) is 39.8 Å². The van der Waals surface area contributed by atoms with Gasteiger partial charge in [0.05, 0.1) is 0 Å². The van der Waals surface area contributed by atoms with Gasteiger partial charge in [0.15, 0.2) is 0 Å². The molecule has 2 N–H and O–H groups in total. The van der Waals surface area contributed by atoms with E-state index in [-0.39, 0.29) is 6.61 Å². The average Bonchev–Trinajstić information content (AvgIpc) is 2.30. The Kier molecular flexibility index (Phi) is 5.93. The molecule has 0 saturated heterocycles. The molecule has 0 radical (unpaired) electrons. The molecule has 0 aliphatic rings. The van der Waals surface area contributed by atoms with Gasteiger partial charge >= 0.3 is 0 Å². The predicted molar refractivity (Wildman–Crippen MR) is 75.6 cm³/mol. The van der Waals surface area contributed by atoms with Crippen LogP contribution in [0.25, 0.3) is 0 Å². The van der Waals surface area contributed by atoms with Crippen molar-refractivity contribution in [3.05, 3.63) is 28.3 Å². The minimum Gasteiger partial charge on any atom is -0.491 e. The number of nitrogens with one attached hydrogen (secondary N) is 1. The smallest absolute Gasteiger partial charge is 0.120 e. The van der Waals surface area contributed by atoms with Gasteiger partial charge in [-0.25, -0.2) is 0 Å². The summed E-state index contributed by atoms with van der Waals surface area (Å²) in [4.78, 5) is 0. The molecule has 0 amide bonds. The molecule has 0 spiro atoms. The Bertz CT molecular complexity index is 370. The first-order valence-corrected chi connectivity index (χ1v) is 6.59. The van der Waals surface area contributed by atoms with Crippen molar-refractivity contribution in [1.82, 2.24) is 5.32 Å². The van der Waals surface area contributed by atoms with Crippen LogP contribution in [-0.4, -0.2) is 30.4 Å². The van der Waals surface area contributed by atoms with E-state index in [1.54, 1.807) is 0 Å². The molecular weight excluding hydrogens is 250 g/mol. The highest BCUT2D eigenvalue weighted by atomic mass is 35.5. The van der Waals surface area contributed by atoms with Gasteiger partial charge in [0.25, 0.3) is 0 Å². The maximum Gasteiger partial charge on any atom is 0.120 e. The Balaban J connectivity index is 2.48. The maximum absolute atomic E-state index is 9.74. The van der Waals surface area contributed by atoms with Gasteiger partial charge in [-0.1, -0.05) is 25.4 Å². The van der Waals surface area contributed by atoms with Gasteiger partial charge in [0, 0.05) is 17.6 Å². The number of aryl methyl sites for hydroxylation is 2. The normalized spacial score (nSPS) is 12.8. The third-order valence-electron chi connectivity index (χ3n) is 2.61. The molecule has 4 heteroatoms. The first-order valence-electron chi connectivity index (χ1n) is 6.21. The Morgan fingerprint density at radius 1 is 1.28 bits per heavy atom. The summed E-state index contributed by atoms with van der Waals surface area (Å²) in [5.41, 5.74) is 1.97. The molecule has 1 atom stereocenters. The summed E-state index contributed by atoms with van der Waals surface area (Å²) < 4.78 is 5.57. The standard InChI is InChI=1S/C14H22ClNO2/c1-9(2)16-7-12(17)8-18-13-5-10(3)14(15)11(4)6-13/h5-6,9,12,16-17H,7-8H2,1-4H3. The number of benzene rings is 1. The van der Waals surface area contributed by atoms with Crippen LogP contribution in [0.1, 0.15) is 25.0 Å². The Morgan fingerprint density at radius 3 is 2.33 bits per heavy atom. The molecule has 3 nitrogen and oxygen atoms in total. The van der Waals surface area contributed by atoms with Gasteiger partial charge in [0.1, 0.15) is 18.5 Å². The van der Waals surface area contributed by atoms with Gasteiger partial charge in [0.2, 0.25) is 0 Å². The van der Waals surface area contributed by atoms with E-state index >= 15 is 0 Å². The van der Waals surface area contributed by atoms with Gasteiger partial charge in [-0.2, -0.15) is 0 Å².